The summed E-state index contributed by atoms with van der Waals surface area (Å²) < 4.78 is 30.1. The second kappa shape index (κ2) is 6.89. The fourth-order valence-corrected chi connectivity index (χ4v) is 6.95. The molecule has 2 aliphatic heterocycles. The maximum Gasteiger partial charge on any atom is 0.330 e. The van der Waals surface area contributed by atoms with Gasteiger partial charge in [-0.05, 0) is 19.4 Å². The first-order valence-electron chi connectivity index (χ1n) is 9.01. The van der Waals surface area contributed by atoms with Crippen molar-refractivity contribution in [3.05, 3.63) is 52.5 Å². The summed E-state index contributed by atoms with van der Waals surface area (Å²) in [6, 6.07) is 7.71. The number of thiazole rings is 1. The summed E-state index contributed by atoms with van der Waals surface area (Å²) in [5, 5.41) is 11.2. The molecule has 0 spiro atoms. The average molecular weight is 437 g/mol. The summed E-state index contributed by atoms with van der Waals surface area (Å²) in [5.41, 5.74) is 0.753. The third-order valence-electron chi connectivity index (χ3n) is 5.60. The Morgan fingerprint density at radius 3 is 2.66 bits per heavy atom. The average Bonchev–Trinajstić information content (AvgIpc) is 3.26. The quantitative estimate of drug-likeness (QED) is 0.555. The van der Waals surface area contributed by atoms with Gasteiger partial charge in [-0.25, -0.2) is 18.2 Å². The van der Waals surface area contributed by atoms with Gasteiger partial charge in [0.25, 0.3) is 0 Å². The molecule has 2 aromatic rings. The Kier molecular flexibility index (Phi) is 4.75. The van der Waals surface area contributed by atoms with Gasteiger partial charge in [-0.3, -0.25) is 4.79 Å². The Hall–Kier alpha value is -2.30. The van der Waals surface area contributed by atoms with Gasteiger partial charge < -0.3 is 14.7 Å². The molecule has 3 heterocycles. The van der Waals surface area contributed by atoms with Gasteiger partial charge in [0.05, 0.1) is 4.75 Å². The first-order valence-corrected chi connectivity index (χ1v) is 11.4. The molecule has 29 heavy (non-hydrogen) atoms. The van der Waals surface area contributed by atoms with Gasteiger partial charge in [-0.2, -0.15) is 0 Å². The highest BCUT2D eigenvalue weighted by atomic mass is 32.2. The Balaban J connectivity index is 1.60. The van der Waals surface area contributed by atoms with Crippen LogP contribution in [0.4, 0.5) is 0 Å². The number of ether oxygens (including phenoxy) is 1. The number of aliphatic hydroxyl groups excluding tert-OH is 1. The minimum absolute atomic E-state index is 0.0236. The molecule has 1 aromatic heterocycles. The molecule has 1 unspecified atom stereocenters. The number of hydrogen-bond acceptors (Lipinski definition) is 8. The van der Waals surface area contributed by atoms with Crippen molar-refractivity contribution in [2.24, 2.45) is 5.92 Å². The number of fused-ring (bicyclic) bond motifs is 1. The number of sulfone groups is 1. The largest absolute Gasteiger partial charge is 0.459 e. The molecule has 10 heteroatoms. The minimum Gasteiger partial charge on any atom is -0.459 e. The highest BCUT2D eigenvalue weighted by molar-refractivity contribution is 7.93. The van der Waals surface area contributed by atoms with Crippen LogP contribution in [0.25, 0.3) is 0 Å². The van der Waals surface area contributed by atoms with Crippen LogP contribution in [0.2, 0.25) is 0 Å². The highest BCUT2D eigenvalue weighted by Crippen LogP contribution is 2.52. The molecule has 2 aliphatic rings. The van der Waals surface area contributed by atoms with Gasteiger partial charge in [-0.1, -0.05) is 30.3 Å². The van der Waals surface area contributed by atoms with Gasteiger partial charge in [0.2, 0.25) is 5.91 Å². The maximum atomic E-state index is 13.2. The van der Waals surface area contributed by atoms with E-state index in [9.17, 15) is 23.1 Å². The minimum atomic E-state index is -3.94. The number of β-lactam (4-membered cyclic amide) rings is 1. The van der Waals surface area contributed by atoms with E-state index in [1.165, 1.54) is 20.0 Å². The van der Waals surface area contributed by atoms with E-state index < -0.39 is 49.9 Å². The van der Waals surface area contributed by atoms with Crippen molar-refractivity contribution in [2.45, 2.75) is 42.7 Å². The van der Waals surface area contributed by atoms with Crippen molar-refractivity contribution >= 4 is 33.1 Å². The van der Waals surface area contributed by atoms with Crippen molar-refractivity contribution in [2.75, 3.05) is 0 Å². The summed E-state index contributed by atoms with van der Waals surface area (Å²) in [4.78, 5) is 30.7. The Labute approximate surface area is 172 Å². The summed E-state index contributed by atoms with van der Waals surface area (Å²) in [5.74, 6) is -2.55. The molecule has 0 radical (unpaired) electrons. The third-order valence-corrected chi connectivity index (χ3v) is 9.29. The highest BCUT2D eigenvalue weighted by Gasteiger charge is 2.73. The van der Waals surface area contributed by atoms with Gasteiger partial charge >= 0.3 is 5.97 Å². The molecule has 0 bridgehead atoms. The molecule has 1 amide bonds. The molecule has 4 rings (SSSR count). The Morgan fingerprint density at radius 1 is 1.34 bits per heavy atom. The van der Waals surface area contributed by atoms with E-state index in [2.05, 4.69) is 4.98 Å². The first kappa shape index (κ1) is 20.0. The van der Waals surface area contributed by atoms with E-state index in [0.29, 0.717) is 0 Å². The number of rotatable bonds is 5. The Morgan fingerprint density at radius 2 is 2.03 bits per heavy atom. The maximum absolute atomic E-state index is 13.2. The monoisotopic (exact) mass is 436 g/mol. The number of nitrogens with zero attached hydrogens (tertiary/aromatic N) is 2. The van der Waals surface area contributed by atoms with Crippen molar-refractivity contribution in [1.29, 1.82) is 0 Å². The lowest BCUT2D eigenvalue weighted by Crippen LogP contribution is -2.65. The predicted molar refractivity (Wildman–Crippen MR) is 104 cm³/mol. The van der Waals surface area contributed by atoms with Crippen LogP contribution in [0.3, 0.4) is 0 Å². The summed E-state index contributed by atoms with van der Waals surface area (Å²) in [6.07, 6.45) is 0.134. The molecule has 1 N–H and O–H groups in total. The third kappa shape index (κ3) is 2.89. The van der Waals surface area contributed by atoms with Crippen molar-refractivity contribution in [3.63, 3.8) is 0 Å². The van der Waals surface area contributed by atoms with Crippen LogP contribution in [0, 0.1) is 5.92 Å². The number of amides is 1. The molecule has 8 nitrogen and oxygen atoms in total. The van der Waals surface area contributed by atoms with Crippen LogP contribution in [-0.4, -0.2) is 51.4 Å². The summed E-state index contributed by atoms with van der Waals surface area (Å²) >= 11 is 1.14. The molecule has 1 aromatic carbocycles. The molecule has 154 valence electrons. The van der Waals surface area contributed by atoms with Crippen LogP contribution in [-0.2, 0) is 30.8 Å². The van der Waals surface area contributed by atoms with Crippen LogP contribution >= 0.6 is 11.3 Å². The number of carbonyl (C=O) groups is 2. The number of benzene rings is 1. The first-order chi connectivity index (χ1) is 13.7. The summed E-state index contributed by atoms with van der Waals surface area (Å²) in [6.45, 7) is 2.80. The molecule has 2 fully saturated rings. The number of esters is 1. The fraction of sp³-hybridized carbons (Fsp3) is 0.421. The molecule has 0 aliphatic carbocycles. The number of aromatic nitrogens is 1. The second-order valence-corrected chi connectivity index (χ2v) is 11.2. The topological polar surface area (TPSA) is 114 Å². The smallest absolute Gasteiger partial charge is 0.330 e. The molecule has 0 saturated carbocycles. The number of carbonyl (C=O) groups excluding carboxylic acids is 2. The zero-order chi connectivity index (χ0) is 21.0. The fourth-order valence-electron chi connectivity index (χ4n) is 3.96. The normalized spacial score (nSPS) is 27.8. The van der Waals surface area contributed by atoms with E-state index in [0.717, 1.165) is 21.8 Å². The van der Waals surface area contributed by atoms with E-state index in [-0.39, 0.29) is 11.6 Å². The van der Waals surface area contributed by atoms with Gasteiger partial charge in [0.1, 0.15) is 35.1 Å². The van der Waals surface area contributed by atoms with E-state index in [1.807, 2.05) is 6.07 Å². The predicted octanol–water partition coefficient (Wildman–Crippen LogP) is 1.28. The van der Waals surface area contributed by atoms with Crippen LogP contribution in [0.5, 0.6) is 0 Å². The van der Waals surface area contributed by atoms with Crippen molar-refractivity contribution in [1.82, 2.24) is 9.88 Å². The standard InChI is InChI=1S/C19H20N2O6S2/c1-19(2)14(18(24)27-10-11-6-4-3-5-7-11)21-16(23)12(17(21)29(19,25)26)13(22)15-20-8-9-28-15/h3-9,12-14,17,22H,10H2,1-2H3/t12-,13?,14+,17-/m1/s1. The second-order valence-electron chi connectivity index (χ2n) is 7.62. The number of aliphatic hydroxyl groups is 1. The Bertz CT molecular complexity index is 1040. The summed E-state index contributed by atoms with van der Waals surface area (Å²) in [7, 11) is -3.94. The lowest BCUT2D eigenvalue weighted by atomic mass is 9.88. The van der Waals surface area contributed by atoms with Gasteiger partial charge in [0, 0.05) is 11.6 Å². The van der Waals surface area contributed by atoms with Gasteiger partial charge in [0.15, 0.2) is 9.84 Å². The van der Waals surface area contributed by atoms with E-state index in [4.69, 9.17) is 4.74 Å². The number of hydrogen-bond donors (Lipinski definition) is 1. The molecular formula is C19H20N2O6S2. The van der Waals surface area contributed by atoms with Crippen molar-refractivity contribution < 1.29 is 27.9 Å². The van der Waals surface area contributed by atoms with Crippen molar-refractivity contribution in [3.8, 4) is 0 Å². The molecule has 2 saturated heterocycles. The lowest BCUT2D eigenvalue weighted by molar-refractivity contribution is -0.172. The SMILES string of the molecule is CC1(C)[C@H](C(=O)OCc2ccccc2)N2C(=O)[C@@H](C(O)c3nccs3)[C@H]2S1(=O)=O. The zero-order valence-electron chi connectivity index (χ0n) is 15.8. The van der Waals surface area contributed by atoms with E-state index in [1.54, 1.807) is 29.6 Å². The zero-order valence-corrected chi connectivity index (χ0v) is 17.4. The van der Waals surface area contributed by atoms with E-state index >= 15 is 0 Å². The van der Waals surface area contributed by atoms with Gasteiger partial charge in [-0.15, -0.1) is 11.3 Å². The molecular weight excluding hydrogens is 416 g/mol. The van der Waals surface area contributed by atoms with Crippen LogP contribution in [0.1, 0.15) is 30.5 Å². The molecule has 4 atom stereocenters. The lowest BCUT2D eigenvalue weighted by Gasteiger charge is -2.44. The van der Waals surface area contributed by atoms with Crippen LogP contribution < -0.4 is 0 Å². The van der Waals surface area contributed by atoms with Crippen LogP contribution in [0.15, 0.2) is 41.9 Å².